The molecule has 0 aliphatic carbocycles. The highest BCUT2D eigenvalue weighted by molar-refractivity contribution is 6.31. The highest BCUT2D eigenvalue weighted by Gasteiger charge is 2.29. The predicted octanol–water partition coefficient (Wildman–Crippen LogP) is 1.13. The Bertz CT molecular complexity index is 1700. The summed E-state index contributed by atoms with van der Waals surface area (Å²) in [6, 6.07) is 6.88. The average Bonchev–Trinajstić information content (AvgIpc) is 3.18. The van der Waals surface area contributed by atoms with Crippen LogP contribution in [0.4, 0.5) is 23.1 Å². The van der Waals surface area contributed by atoms with Crippen LogP contribution in [0.5, 0.6) is 0 Å². The summed E-state index contributed by atoms with van der Waals surface area (Å²) < 4.78 is 2.09. The Morgan fingerprint density at radius 2 is 2.02 bits per heavy atom. The average molecular weight is 641 g/mol. The standard InChI is InChI=1S/C27H26ClN9O3.BrH/c1-6-18-12-19(9-10-21(18)28)33-26-20-13-24(29-14-22(20)30-16-31-26)34-25(38)8-7-11-37(4,5)15-23-27(36(39)40)32-17(2)35(23)3;/h1,7-10,12-14,16H,11,15H2,2-5H3,(H-,29,30,31,33,34,38);1H/b8-7+;. The van der Waals surface area contributed by atoms with Crippen LogP contribution in [-0.2, 0) is 18.4 Å². The summed E-state index contributed by atoms with van der Waals surface area (Å²) in [6.45, 7) is 2.53. The Balaban J connectivity index is 0.00000462. The maximum Gasteiger partial charge on any atom is 0.391 e. The second-order valence-electron chi connectivity index (χ2n) is 9.69. The van der Waals surface area contributed by atoms with E-state index in [1.54, 1.807) is 55.1 Å². The first-order chi connectivity index (χ1) is 19.0. The fraction of sp³-hybridized carbons (Fsp3) is 0.222. The van der Waals surface area contributed by atoms with Crippen LogP contribution < -0.4 is 27.6 Å². The van der Waals surface area contributed by atoms with Gasteiger partial charge < -0.3 is 46.8 Å². The summed E-state index contributed by atoms with van der Waals surface area (Å²) in [4.78, 5) is 40.5. The van der Waals surface area contributed by atoms with E-state index in [0.717, 1.165) is 0 Å². The topological polar surface area (TPSA) is 141 Å². The molecule has 0 radical (unpaired) electrons. The lowest BCUT2D eigenvalue weighted by atomic mass is 10.2. The number of carbonyl (C=O) groups is 1. The van der Waals surface area contributed by atoms with E-state index < -0.39 is 4.92 Å². The summed E-state index contributed by atoms with van der Waals surface area (Å²) in [5.41, 5.74) is 2.33. The zero-order valence-electron chi connectivity index (χ0n) is 22.7. The smallest absolute Gasteiger partial charge is 0.391 e. The largest absolute Gasteiger partial charge is 1.00 e. The number of amides is 1. The summed E-state index contributed by atoms with van der Waals surface area (Å²) >= 11 is 6.11. The van der Waals surface area contributed by atoms with Crippen molar-refractivity contribution in [3.05, 3.63) is 81.2 Å². The summed E-state index contributed by atoms with van der Waals surface area (Å²) in [5, 5.41) is 18.5. The van der Waals surface area contributed by atoms with Crippen LogP contribution in [0.3, 0.4) is 0 Å². The van der Waals surface area contributed by atoms with Gasteiger partial charge in [-0.1, -0.05) is 17.5 Å². The van der Waals surface area contributed by atoms with Gasteiger partial charge in [-0.2, -0.15) is 0 Å². The van der Waals surface area contributed by atoms with Crippen molar-refractivity contribution in [3.63, 3.8) is 0 Å². The van der Waals surface area contributed by atoms with Gasteiger partial charge in [-0.15, -0.1) is 6.42 Å². The third-order valence-electron chi connectivity index (χ3n) is 6.19. The summed E-state index contributed by atoms with van der Waals surface area (Å²) in [7, 11) is 5.59. The molecule has 0 spiro atoms. The lowest BCUT2D eigenvalue weighted by Crippen LogP contribution is -3.00. The highest BCUT2D eigenvalue weighted by atomic mass is 79.9. The maximum absolute atomic E-state index is 12.6. The van der Waals surface area contributed by atoms with Crippen molar-refractivity contribution < 1.29 is 31.2 Å². The SMILES string of the molecule is C#Cc1cc(Nc2ncnc3cnc(NC(=O)/C=C/C[N+](C)(C)Cc4c([N+](=O)[O-])nc(C)n4C)cc23)ccc1Cl.[Br-]. The van der Waals surface area contributed by atoms with Gasteiger partial charge in [0, 0.05) is 36.7 Å². The second kappa shape index (κ2) is 12.9. The Labute approximate surface area is 252 Å². The van der Waals surface area contributed by atoms with Crippen LogP contribution >= 0.6 is 11.6 Å². The monoisotopic (exact) mass is 639 g/mol. The number of anilines is 3. The number of terminal acetylenes is 1. The van der Waals surface area contributed by atoms with Crippen LogP contribution in [0.15, 0.2) is 48.9 Å². The van der Waals surface area contributed by atoms with Gasteiger partial charge in [0.2, 0.25) is 11.7 Å². The number of pyridine rings is 1. The molecule has 41 heavy (non-hydrogen) atoms. The number of rotatable bonds is 9. The number of nitro groups is 1. The molecule has 0 bridgehead atoms. The van der Waals surface area contributed by atoms with Gasteiger partial charge >= 0.3 is 5.82 Å². The lowest BCUT2D eigenvalue weighted by Gasteiger charge is -2.28. The van der Waals surface area contributed by atoms with Crippen molar-refractivity contribution in [3.8, 4) is 12.3 Å². The number of nitrogens with zero attached hydrogens (tertiary/aromatic N) is 7. The molecule has 1 amide bonds. The fourth-order valence-electron chi connectivity index (χ4n) is 4.02. The second-order valence-corrected chi connectivity index (χ2v) is 10.1. The number of carbonyl (C=O) groups excluding carboxylic acids is 1. The van der Waals surface area contributed by atoms with E-state index in [9.17, 15) is 14.9 Å². The van der Waals surface area contributed by atoms with Crippen molar-refractivity contribution >= 4 is 51.6 Å². The predicted molar refractivity (Wildman–Crippen MR) is 153 cm³/mol. The minimum Gasteiger partial charge on any atom is -1.00 e. The molecule has 4 rings (SSSR count). The third kappa shape index (κ3) is 7.43. The van der Waals surface area contributed by atoms with Crippen LogP contribution in [-0.4, -0.2) is 60.5 Å². The first-order valence-corrected chi connectivity index (χ1v) is 12.5. The Kier molecular flexibility index (Phi) is 9.77. The molecule has 0 saturated carbocycles. The zero-order valence-corrected chi connectivity index (χ0v) is 25.1. The fourth-order valence-corrected chi connectivity index (χ4v) is 4.19. The summed E-state index contributed by atoms with van der Waals surface area (Å²) in [6.07, 6.45) is 11.6. The van der Waals surface area contributed by atoms with Crippen molar-refractivity contribution in [2.75, 3.05) is 31.3 Å². The molecule has 0 aliphatic rings. The molecule has 0 saturated heterocycles. The number of quaternary nitrogens is 1. The summed E-state index contributed by atoms with van der Waals surface area (Å²) in [5.74, 6) is 3.39. The maximum atomic E-state index is 12.6. The van der Waals surface area contributed by atoms with E-state index in [2.05, 4.69) is 36.5 Å². The van der Waals surface area contributed by atoms with Crippen molar-refractivity contribution in [1.29, 1.82) is 0 Å². The highest BCUT2D eigenvalue weighted by Crippen LogP contribution is 2.27. The van der Waals surface area contributed by atoms with E-state index in [0.29, 0.717) is 67.9 Å². The van der Waals surface area contributed by atoms with Crippen molar-refractivity contribution in [1.82, 2.24) is 24.5 Å². The molecule has 0 fully saturated rings. The van der Waals surface area contributed by atoms with Crippen molar-refractivity contribution in [2.45, 2.75) is 13.5 Å². The normalized spacial score (nSPS) is 11.2. The number of aromatic nitrogens is 5. The molecule has 0 aliphatic heterocycles. The Morgan fingerprint density at radius 1 is 1.27 bits per heavy atom. The van der Waals surface area contributed by atoms with E-state index >= 15 is 0 Å². The molecule has 0 atom stereocenters. The molecular weight excluding hydrogens is 614 g/mol. The zero-order chi connectivity index (χ0) is 29.0. The molecule has 0 unspecified atom stereocenters. The molecule has 1 aromatic carbocycles. The number of hydrogen-bond acceptors (Lipinski definition) is 8. The first-order valence-electron chi connectivity index (χ1n) is 12.1. The molecule has 212 valence electrons. The van der Waals surface area contributed by atoms with Gasteiger partial charge in [0.05, 0.1) is 37.4 Å². The van der Waals surface area contributed by atoms with Gasteiger partial charge in [-0.05, 0) is 40.2 Å². The molecule has 4 aromatic rings. The van der Waals surface area contributed by atoms with Crippen LogP contribution in [0.25, 0.3) is 10.9 Å². The van der Waals surface area contributed by atoms with E-state index in [-0.39, 0.29) is 28.7 Å². The Morgan fingerprint density at radius 3 is 2.73 bits per heavy atom. The van der Waals surface area contributed by atoms with Gasteiger partial charge in [0.15, 0.2) is 5.69 Å². The first kappa shape index (κ1) is 31.2. The minimum atomic E-state index is -0.474. The molecule has 14 heteroatoms. The van der Waals surface area contributed by atoms with Crippen LogP contribution in [0, 0.1) is 29.4 Å². The van der Waals surface area contributed by atoms with E-state index in [4.69, 9.17) is 18.0 Å². The Hall–Kier alpha value is -4.38. The quantitative estimate of drug-likeness (QED) is 0.0913. The van der Waals surface area contributed by atoms with Crippen molar-refractivity contribution in [2.24, 2.45) is 7.05 Å². The van der Waals surface area contributed by atoms with Gasteiger partial charge in [-0.3, -0.25) is 4.79 Å². The number of benzene rings is 1. The van der Waals surface area contributed by atoms with Gasteiger partial charge in [0.25, 0.3) is 0 Å². The molecule has 12 nitrogen and oxygen atoms in total. The van der Waals surface area contributed by atoms with E-state index in [1.807, 2.05) is 14.1 Å². The number of likely N-dealkylation sites (N-methyl/N-ethyl adjacent to an activating group) is 1. The number of imidazole rings is 1. The molecule has 2 N–H and O–H groups in total. The number of fused-ring (bicyclic) bond motifs is 1. The number of hydrogen-bond donors (Lipinski definition) is 2. The van der Waals surface area contributed by atoms with Crippen LogP contribution in [0.2, 0.25) is 5.02 Å². The molecule has 3 aromatic heterocycles. The molecule has 3 heterocycles. The van der Waals surface area contributed by atoms with Gasteiger partial charge in [-0.25, -0.2) is 15.0 Å². The third-order valence-corrected chi connectivity index (χ3v) is 6.52. The van der Waals surface area contributed by atoms with Crippen LogP contribution in [0.1, 0.15) is 17.1 Å². The lowest BCUT2D eigenvalue weighted by molar-refractivity contribution is -0.898. The molecular formula is C27H27BrClN9O3. The number of nitrogens with one attached hydrogen (secondary N) is 2. The minimum absolute atomic E-state index is 0. The van der Waals surface area contributed by atoms with Gasteiger partial charge in [0.1, 0.15) is 24.5 Å². The number of aryl methyl sites for hydroxylation is 1. The number of halogens is 2. The van der Waals surface area contributed by atoms with E-state index in [1.165, 1.54) is 12.4 Å².